The van der Waals surface area contributed by atoms with Gasteiger partial charge in [-0.05, 0) is 64.2 Å². The first-order chi connectivity index (χ1) is 27.0. The lowest BCUT2D eigenvalue weighted by molar-refractivity contribution is -0.901. The third-order valence-electron chi connectivity index (χ3n) is 11.0. The molecule has 0 saturated heterocycles. The minimum atomic E-state index is -0.652. The Morgan fingerprint density at radius 3 is 1.00 bits per heavy atom. The molecule has 330 valence electrons. The lowest BCUT2D eigenvalue weighted by Crippen LogP contribution is -2.57. The molecular formula is C48H94N2O6+2. The number of hydrogen-bond donors (Lipinski definition) is 2. The van der Waals surface area contributed by atoms with Crippen LogP contribution in [-0.4, -0.2) is 111 Å². The van der Waals surface area contributed by atoms with Crippen LogP contribution in [0.2, 0.25) is 0 Å². The Balaban J connectivity index is 4.87. The number of ether oxygens (including phenoxy) is 2. The predicted molar refractivity (Wildman–Crippen MR) is 237 cm³/mol. The molecule has 2 N–H and O–H groups in total. The Morgan fingerprint density at radius 1 is 0.446 bits per heavy atom. The van der Waals surface area contributed by atoms with E-state index >= 15 is 0 Å². The monoisotopic (exact) mass is 795 g/mol. The number of aliphatic hydroxyl groups is 2. The Labute approximate surface area is 347 Å². The highest BCUT2D eigenvalue weighted by Gasteiger charge is 2.38. The maximum Gasteiger partial charge on any atom is 0.306 e. The van der Waals surface area contributed by atoms with Crippen LogP contribution >= 0.6 is 0 Å². The number of likely N-dealkylation sites (N-methyl/N-ethyl adjacent to an activating group) is 2. The molecule has 0 bridgehead atoms. The highest BCUT2D eigenvalue weighted by Crippen LogP contribution is 2.19. The van der Waals surface area contributed by atoms with Crippen molar-refractivity contribution in [1.82, 2.24) is 0 Å². The minimum absolute atomic E-state index is 0.00852. The van der Waals surface area contributed by atoms with Crippen molar-refractivity contribution < 1.29 is 38.2 Å². The number of hydrogen-bond acceptors (Lipinski definition) is 6. The standard InChI is InChI=1S/C48H94N2O6/c1-7-9-11-13-15-17-19-21-23-25-27-29-31-33-35-37-47(53)55-45(43-49(3,4)39-41-51)46(44-50(5,6)40-42-52)56-48(54)38-36-34-32-30-28-26-24-22-20-18-16-14-12-10-8-2/h21-24,45-46,51-52H,7-20,25-44H2,1-6H3/q+2/b23-21+,24-22+. The minimum Gasteiger partial charge on any atom is -0.452 e. The zero-order valence-electron chi connectivity index (χ0n) is 37.9. The summed E-state index contributed by atoms with van der Waals surface area (Å²) in [4.78, 5) is 26.5. The second kappa shape index (κ2) is 37.5. The van der Waals surface area contributed by atoms with Gasteiger partial charge in [-0.3, -0.25) is 9.59 Å². The smallest absolute Gasteiger partial charge is 0.306 e. The van der Waals surface area contributed by atoms with Crippen LogP contribution < -0.4 is 0 Å². The number of nitrogens with zero attached hydrogens (tertiary/aromatic N) is 2. The quantitative estimate of drug-likeness (QED) is 0.0277. The summed E-state index contributed by atoms with van der Waals surface area (Å²) < 4.78 is 13.2. The highest BCUT2D eigenvalue weighted by molar-refractivity contribution is 5.70. The van der Waals surface area contributed by atoms with E-state index in [2.05, 4.69) is 38.2 Å². The van der Waals surface area contributed by atoms with Gasteiger partial charge >= 0.3 is 11.9 Å². The van der Waals surface area contributed by atoms with Gasteiger partial charge in [0.15, 0.2) is 12.2 Å². The first-order valence-electron chi connectivity index (χ1n) is 23.5. The molecule has 0 amide bonds. The summed E-state index contributed by atoms with van der Waals surface area (Å²) in [6.45, 7) is 6.36. The summed E-state index contributed by atoms with van der Waals surface area (Å²) in [6.07, 6.45) is 39.9. The normalized spacial score (nSPS) is 13.5. The number of esters is 2. The van der Waals surface area contributed by atoms with E-state index in [1.807, 2.05) is 28.2 Å². The van der Waals surface area contributed by atoms with E-state index in [4.69, 9.17) is 9.47 Å². The molecule has 0 aromatic heterocycles. The maximum absolute atomic E-state index is 13.3. The van der Waals surface area contributed by atoms with E-state index < -0.39 is 12.2 Å². The van der Waals surface area contributed by atoms with Crippen LogP contribution in [0, 0.1) is 0 Å². The molecule has 0 aliphatic carbocycles. The fourth-order valence-corrected chi connectivity index (χ4v) is 7.30. The fourth-order valence-electron chi connectivity index (χ4n) is 7.30. The van der Waals surface area contributed by atoms with Crippen LogP contribution in [0.15, 0.2) is 24.3 Å². The molecular weight excluding hydrogens is 701 g/mol. The molecule has 2 atom stereocenters. The molecule has 0 spiro atoms. The molecule has 0 rings (SSSR count). The second-order valence-corrected chi connectivity index (χ2v) is 17.9. The van der Waals surface area contributed by atoms with Gasteiger partial charge in [0, 0.05) is 12.8 Å². The van der Waals surface area contributed by atoms with Crippen LogP contribution in [0.25, 0.3) is 0 Å². The van der Waals surface area contributed by atoms with E-state index in [0.717, 1.165) is 51.4 Å². The largest absolute Gasteiger partial charge is 0.452 e. The van der Waals surface area contributed by atoms with Gasteiger partial charge < -0.3 is 28.7 Å². The van der Waals surface area contributed by atoms with Crippen molar-refractivity contribution in [3.05, 3.63) is 24.3 Å². The average Bonchev–Trinajstić information content (AvgIpc) is 3.14. The Morgan fingerprint density at radius 2 is 0.714 bits per heavy atom. The van der Waals surface area contributed by atoms with Gasteiger partial charge in [0.05, 0.1) is 41.4 Å². The Hall–Kier alpha value is -1.74. The molecule has 0 aromatic rings. The summed E-state index contributed by atoms with van der Waals surface area (Å²) in [5, 5.41) is 19.5. The highest BCUT2D eigenvalue weighted by atomic mass is 16.6. The molecule has 0 fully saturated rings. The molecule has 0 radical (unpaired) electrons. The molecule has 0 saturated carbocycles. The molecule has 0 aliphatic rings. The first kappa shape index (κ1) is 54.3. The van der Waals surface area contributed by atoms with Crippen molar-refractivity contribution in [3.8, 4) is 0 Å². The first-order valence-corrected chi connectivity index (χ1v) is 23.5. The number of carbonyl (C=O) groups excluding carboxylic acids is 2. The van der Waals surface area contributed by atoms with Crippen LogP contribution in [0.5, 0.6) is 0 Å². The Kier molecular flexibility index (Phi) is 36.4. The van der Waals surface area contributed by atoms with Gasteiger partial charge in [-0.25, -0.2) is 0 Å². The fraction of sp³-hybridized carbons (Fsp3) is 0.875. The van der Waals surface area contributed by atoms with E-state index in [0.29, 0.717) is 48.0 Å². The van der Waals surface area contributed by atoms with Gasteiger partial charge in [0.1, 0.15) is 26.2 Å². The van der Waals surface area contributed by atoms with E-state index in [1.165, 1.54) is 116 Å². The molecule has 0 aliphatic heterocycles. The van der Waals surface area contributed by atoms with E-state index in [9.17, 15) is 19.8 Å². The van der Waals surface area contributed by atoms with Crippen LogP contribution in [0.3, 0.4) is 0 Å². The third-order valence-corrected chi connectivity index (χ3v) is 11.0. The third kappa shape index (κ3) is 35.4. The molecule has 2 unspecified atom stereocenters. The van der Waals surface area contributed by atoms with Gasteiger partial charge in [-0.2, -0.15) is 0 Å². The van der Waals surface area contributed by atoms with Gasteiger partial charge in [-0.15, -0.1) is 0 Å². The summed E-state index contributed by atoms with van der Waals surface area (Å²) >= 11 is 0. The summed E-state index contributed by atoms with van der Waals surface area (Å²) in [5.41, 5.74) is 0. The van der Waals surface area contributed by atoms with Crippen molar-refractivity contribution in [1.29, 1.82) is 0 Å². The van der Waals surface area contributed by atoms with Crippen molar-refractivity contribution >= 4 is 11.9 Å². The zero-order chi connectivity index (χ0) is 41.6. The average molecular weight is 795 g/mol. The lowest BCUT2D eigenvalue weighted by Gasteiger charge is -2.38. The molecule has 56 heavy (non-hydrogen) atoms. The number of carbonyl (C=O) groups is 2. The zero-order valence-corrected chi connectivity index (χ0v) is 37.9. The van der Waals surface area contributed by atoms with Crippen molar-refractivity contribution in [2.24, 2.45) is 0 Å². The van der Waals surface area contributed by atoms with Crippen LogP contribution in [-0.2, 0) is 19.1 Å². The predicted octanol–water partition coefficient (Wildman–Crippen LogP) is 11.0. The van der Waals surface area contributed by atoms with Crippen molar-refractivity contribution in [2.45, 2.75) is 206 Å². The summed E-state index contributed by atoms with van der Waals surface area (Å²) in [5.74, 6) is -0.523. The molecule has 0 heterocycles. The second-order valence-electron chi connectivity index (χ2n) is 17.9. The van der Waals surface area contributed by atoms with Crippen molar-refractivity contribution in [3.63, 3.8) is 0 Å². The number of allylic oxidation sites excluding steroid dienone is 4. The van der Waals surface area contributed by atoms with Gasteiger partial charge in [0.2, 0.25) is 0 Å². The summed E-state index contributed by atoms with van der Waals surface area (Å²) in [7, 11) is 8.00. The Bertz CT molecular complexity index is 889. The van der Waals surface area contributed by atoms with Crippen LogP contribution in [0.4, 0.5) is 0 Å². The number of aliphatic hydroxyl groups excluding tert-OH is 2. The number of unbranched alkanes of at least 4 members (excludes halogenated alkanes) is 22. The number of quaternary nitrogens is 2. The molecule has 8 heteroatoms. The van der Waals surface area contributed by atoms with Crippen LogP contribution in [0.1, 0.15) is 194 Å². The molecule has 8 nitrogen and oxygen atoms in total. The topological polar surface area (TPSA) is 93.1 Å². The molecule has 0 aromatic carbocycles. The van der Waals surface area contributed by atoms with Crippen molar-refractivity contribution in [2.75, 3.05) is 67.6 Å². The number of rotatable bonds is 41. The maximum atomic E-state index is 13.3. The summed E-state index contributed by atoms with van der Waals surface area (Å²) in [6, 6.07) is 0. The van der Waals surface area contributed by atoms with E-state index in [-0.39, 0.29) is 25.2 Å². The SMILES string of the molecule is CCCCCCCC/C=C/CCCCCCCC(=O)OC(C[N+](C)(C)CCO)C(C[N+](C)(C)CCO)OC(=O)CCCCCCC/C=C/CCCCCCCC. The van der Waals surface area contributed by atoms with E-state index in [1.54, 1.807) is 0 Å². The van der Waals surface area contributed by atoms with Gasteiger partial charge in [0.25, 0.3) is 0 Å². The lowest BCUT2D eigenvalue weighted by atomic mass is 10.1. The van der Waals surface area contributed by atoms with Gasteiger partial charge in [-0.1, -0.05) is 141 Å².